The summed E-state index contributed by atoms with van der Waals surface area (Å²) in [5, 5.41) is 4.03. The van der Waals surface area contributed by atoms with Gasteiger partial charge in [-0.15, -0.1) is 0 Å². The van der Waals surface area contributed by atoms with Gasteiger partial charge in [0, 0.05) is 11.6 Å². The van der Waals surface area contributed by atoms with E-state index in [1.165, 1.54) is 0 Å². The van der Waals surface area contributed by atoms with Crippen molar-refractivity contribution >= 4 is 17.0 Å². The molecule has 2 rings (SSSR count). The van der Waals surface area contributed by atoms with Gasteiger partial charge in [-0.3, -0.25) is 10.6 Å². The Kier molecular flexibility index (Phi) is 1.56. The smallest absolute Gasteiger partial charge is 0.230 e. The molecule has 0 saturated carbocycles. The molecule has 0 aromatic carbocycles. The molecule has 58 valence electrons. The van der Waals surface area contributed by atoms with Crippen molar-refractivity contribution in [2.45, 2.75) is 6.35 Å². The minimum Gasteiger partial charge on any atom is -0.463 e. The first kappa shape index (κ1) is 6.69. The summed E-state index contributed by atoms with van der Waals surface area (Å²) in [5.41, 5.74) is 6.70. The van der Waals surface area contributed by atoms with Crippen LogP contribution in [-0.2, 0) is 4.74 Å². The molecule has 1 aromatic rings. The Morgan fingerprint density at radius 2 is 2.55 bits per heavy atom. The van der Waals surface area contributed by atoms with Gasteiger partial charge in [-0.1, -0.05) is 0 Å². The fourth-order valence-corrected chi connectivity index (χ4v) is 1.61. The van der Waals surface area contributed by atoms with E-state index in [0.717, 1.165) is 5.69 Å². The topological polar surface area (TPSA) is 38.5 Å². The predicted molar refractivity (Wildman–Crippen MR) is 45.0 cm³/mol. The quantitative estimate of drug-likeness (QED) is 0.687. The SMILES string of the molecule is NC1OC=CN1c1ccsc1. The zero-order chi connectivity index (χ0) is 7.68. The molecule has 2 N–H and O–H groups in total. The number of hydrogen-bond acceptors (Lipinski definition) is 4. The lowest BCUT2D eigenvalue weighted by Gasteiger charge is -2.18. The molecule has 3 nitrogen and oxygen atoms in total. The number of nitrogens with zero attached hydrogens (tertiary/aromatic N) is 1. The summed E-state index contributed by atoms with van der Waals surface area (Å²) < 4.78 is 5.02. The van der Waals surface area contributed by atoms with Crippen molar-refractivity contribution in [3.63, 3.8) is 0 Å². The number of hydrogen-bond donors (Lipinski definition) is 1. The van der Waals surface area contributed by atoms with Gasteiger partial charge >= 0.3 is 0 Å². The first-order chi connectivity index (χ1) is 5.38. The van der Waals surface area contributed by atoms with Crippen LogP contribution in [0, 0.1) is 0 Å². The molecule has 2 heterocycles. The fraction of sp³-hybridized carbons (Fsp3) is 0.143. The minimum atomic E-state index is -0.357. The predicted octanol–water partition coefficient (Wildman–Crippen LogP) is 1.30. The van der Waals surface area contributed by atoms with Crippen LogP contribution in [0.4, 0.5) is 5.69 Å². The number of rotatable bonds is 1. The van der Waals surface area contributed by atoms with Crippen molar-refractivity contribution in [2.24, 2.45) is 5.73 Å². The largest absolute Gasteiger partial charge is 0.463 e. The highest BCUT2D eigenvalue weighted by Gasteiger charge is 2.16. The first-order valence-electron chi connectivity index (χ1n) is 3.26. The second-order valence-electron chi connectivity index (χ2n) is 2.20. The Bertz CT molecular complexity index is 257. The summed E-state index contributed by atoms with van der Waals surface area (Å²) in [7, 11) is 0. The van der Waals surface area contributed by atoms with E-state index in [4.69, 9.17) is 10.5 Å². The second kappa shape index (κ2) is 2.56. The third kappa shape index (κ3) is 1.10. The van der Waals surface area contributed by atoms with E-state index in [0.29, 0.717) is 0 Å². The van der Waals surface area contributed by atoms with Crippen LogP contribution in [0.3, 0.4) is 0 Å². The zero-order valence-electron chi connectivity index (χ0n) is 5.81. The lowest BCUT2D eigenvalue weighted by molar-refractivity contribution is 0.178. The van der Waals surface area contributed by atoms with E-state index >= 15 is 0 Å². The summed E-state index contributed by atoms with van der Waals surface area (Å²) in [6.07, 6.45) is 3.07. The summed E-state index contributed by atoms with van der Waals surface area (Å²) >= 11 is 1.64. The van der Waals surface area contributed by atoms with Crippen LogP contribution < -0.4 is 10.6 Å². The molecule has 1 aromatic heterocycles. The van der Waals surface area contributed by atoms with Crippen molar-refractivity contribution in [1.82, 2.24) is 0 Å². The maximum atomic E-state index is 5.62. The molecule has 0 aliphatic carbocycles. The van der Waals surface area contributed by atoms with E-state index in [-0.39, 0.29) is 6.35 Å². The van der Waals surface area contributed by atoms with Gasteiger partial charge in [0.1, 0.15) is 6.26 Å². The Morgan fingerprint density at radius 1 is 1.64 bits per heavy atom. The van der Waals surface area contributed by atoms with Crippen LogP contribution >= 0.6 is 11.3 Å². The highest BCUT2D eigenvalue weighted by molar-refractivity contribution is 7.08. The molecular weight excluding hydrogens is 160 g/mol. The molecule has 0 radical (unpaired) electrons. The molecule has 1 unspecified atom stereocenters. The van der Waals surface area contributed by atoms with Gasteiger partial charge in [0.25, 0.3) is 0 Å². The average molecular weight is 168 g/mol. The molecule has 4 heteroatoms. The van der Waals surface area contributed by atoms with Gasteiger partial charge < -0.3 is 4.74 Å². The highest BCUT2D eigenvalue weighted by atomic mass is 32.1. The first-order valence-corrected chi connectivity index (χ1v) is 4.20. The van der Waals surface area contributed by atoms with Crippen LogP contribution in [0.1, 0.15) is 0 Å². The maximum absolute atomic E-state index is 5.62. The lowest BCUT2D eigenvalue weighted by atomic mass is 10.5. The summed E-state index contributed by atoms with van der Waals surface area (Å²) in [4.78, 5) is 1.87. The molecule has 0 spiro atoms. The zero-order valence-corrected chi connectivity index (χ0v) is 6.62. The Morgan fingerprint density at radius 3 is 3.09 bits per heavy atom. The third-order valence-electron chi connectivity index (χ3n) is 1.52. The fourth-order valence-electron chi connectivity index (χ4n) is 0.969. The van der Waals surface area contributed by atoms with Gasteiger partial charge in [0.05, 0.1) is 5.69 Å². The molecule has 1 aliphatic heterocycles. The Hall–Kier alpha value is -1.000. The van der Waals surface area contributed by atoms with Crippen molar-refractivity contribution in [3.05, 3.63) is 29.3 Å². The van der Waals surface area contributed by atoms with E-state index in [1.807, 2.05) is 27.9 Å². The van der Waals surface area contributed by atoms with Gasteiger partial charge in [0.2, 0.25) is 6.35 Å². The van der Waals surface area contributed by atoms with Gasteiger partial charge in [0.15, 0.2) is 0 Å². The number of anilines is 1. The third-order valence-corrected chi connectivity index (χ3v) is 2.19. The van der Waals surface area contributed by atoms with E-state index in [1.54, 1.807) is 17.6 Å². The van der Waals surface area contributed by atoms with Crippen LogP contribution in [0.15, 0.2) is 29.3 Å². The molecule has 0 bridgehead atoms. The maximum Gasteiger partial charge on any atom is 0.230 e. The molecule has 11 heavy (non-hydrogen) atoms. The Balaban J connectivity index is 2.23. The minimum absolute atomic E-state index is 0.357. The van der Waals surface area contributed by atoms with Crippen LogP contribution in [0.5, 0.6) is 0 Å². The standard InChI is InChI=1S/C7H8N2OS/c8-7-9(2-3-10-7)6-1-4-11-5-6/h1-5,7H,8H2. The van der Waals surface area contributed by atoms with Gasteiger partial charge in [-0.2, -0.15) is 11.3 Å². The van der Waals surface area contributed by atoms with Crippen LogP contribution in [0.2, 0.25) is 0 Å². The summed E-state index contributed by atoms with van der Waals surface area (Å²) in [6, 6.07) is 2.00. The van der Waals surface area contributed by atoms with E-state index in [9.17, 15) is 0 Å². The van der Waals surface area contributed by atoms with E-state index < -0.39 is 0 Å². The molecular formula is C7H8N2OS. The molecule has 0 fully saturated rings. The van der Waals surface area contributed by atoms with Crippen molar-refractivity contribution in [2.75, 3.05) is 4.90 Å². The van der Waals surface area contributed by atoms with Crippen molar-refractivity contribution in [3.8, 4) is 0 Å². The van der Waals surface area contributed by atoms with Crippen LogP contribution in [0.25, 0.3) is 0 Å². The number of nitrogens with two attached hydrogens (primary N) is 1. The summed E-state index contributed by atoms with van der Waals surface area (Å²) in [6.45, 7) is 0. The Labute approximate surface area is 68.7 Å². The number of thiophene rings is 1. The second-order valence-corrected chi connectivity index (χ2v) is 2.98. The summed E-state index contributed by atoms with van der Waals surface area (Å²) in [5.74, 6) is 0. The molecule has 0 saturated heterocycles. The average Bonchev–Trinajstić information content (AvgIpc) is 2.55. The van der Waals surface area contributed by atoms with Crippen LogP contribution in [-0.4, -0.2) is 6.35 Å². The number of ether oxygens (including phenoxy) is 1. The van der Waals surface area contributed by atoms with Gasteiger partial charge in [-0.05, 0) is 11.4 Å². The van der Waals surface area contributed by atoms with Crippen molar-refractivity contribution < 1.29 is 4.74 Å². The molecule has 1 atom stereocenters. The molecule has 0 amide bonds. The normalized spacial score (nSPS) is 22.3. The monoisotopic (exact) mass is 168 g/mol. The highest BCUT2D eigenvalue weighted by Crippen LogP contribution is 2.22. The lowest BCUT2D eigenvalue weighted by Crippen LogP contribution is -2.35. The molecule has 1 aliphatic rings. The van der Waals surface area contributed by atoms with E-state index in [2.05, 4.69) is 0 Å². The van der Waals surface area contributed by atoms with Crippen molar-refractivity contribution in [1.29, 1.82) is 0 Å². The van der Waals surface area contributed by atoms with Gasteiger partial charge in [-0.25, -0.2) is 0 Å².